The maximum atomic E-state index is 13.0. The number of hydrogen-bond donors (Lipinski definition) is 1. The van der Waals surface area contributed by atoms with Crippen LogP contribution in [0, 0.1) is 13.8 Å². The molecule has 0 spiro atoms. The molecule has 2 aromatic carbocycles. The molecule has 0 aliphatic rings. The molecule has 7 heteroatoms. The monoisotopic (exact) mass is 406 g/mol. The van der Waals surface area contributed by atoms with Gasteiger partial charge in [-0.15, -0.1) is 11.3 Å². The smallest absolute Gasteiger partial charge is 0.239 e. The van der Waals surface area contributed by atoms with Gasteiger partial charge in [-0.1, -0.05) is 29.8 Å². The fraction of sp³-hybridized carbons (Fsp3) is 0.316. The summed E-state index contributed by atoms with van der Waals surface area (Å²) < 4.78 is 29.9. The van der Waals surface area contributed by atoms with Crippen molar-refractivity contribution < 1.29 is 8.42 Å². The number of thioether (sulfide) groups is 1. The van der Waals surface area contributed by atoms with E-state index < -0.39 is 10.0 Å². The molecule has 138 valence electrons. The van der Waals surface area contributed by atoms with Gasteiger partial charge < -0.3 is 0 Å². The molecule has 0 bridgehead atoms. The van der Waals surface area contributed by atoms with Crippen LogP contribution in [-0.2, 0) is 10.0 Å². The molecule has 1 aromatic heterocycles. The molecular formula is C19H22N2O2S3. The van der Waals surface area contributed by atoms with E-state index in [9.17, 15) is 8.42 Å². The Morgan fingerprint density at radius 2 is 1.96 bits per heavy atom. The van der Waals surface area contributed by atoms with Crippen LogP contribution < -0.4 is 4.72 Å². The molecule has 1 atom stereocenters. The van der Waals surface area contributed by atoms with E-state index in [0.717, 1.165) is 32.1 Å². The minimum Gasteiger partial charge on any atom is -0.239 e. The summed E-state index contributed by atoms with van der Waals surface area (Å²) in [5.74, 6) is 0.857. The Morgan fingerprint density at radius 1 is 1.19 bits per heavy atom. The number of aryl methyl sites for hydroxylation is 2. The normalized spacial score (nSPS) is 13.2. The highest BCUT2D eigenvalue weighted by Gasteiger charge is 2.25. The van der Waals surface area contributed by atoms with Gasteiger partial charge in [-0.05, 0) is 56.0 Å². The zero-order valence-electron chi connectivity index (χ0n) is 15.0. The lowest BCUT2D eigenvalue weighted by molar-refractivity contribution is 0.550. The van der Waals surface area contributed by atoms with E-state index in [0.29, 0.717) is 11.3 Å². The van der Waals surface area contributed by atoms with Gasteiger partial charge in [0, 0.05) is 0 Å². The topological polar surface area (TPSA) is 59.1 Å². The summed E-state index contributed by atoms with van der Waals surface area (Å²) in [5.41, 5.74) is 2.71. The average molecular weight is 407 g/mol. The number of thiazole rings is 1. The molecule has 0 saturated heterocycles. The minimum atomic E-state index is -3.62. The lowest BCUT2D eigenvalue weighted by atomic mass is 10.2. The van der Waals surface area contributed by atoms with E-state index >= 15 is 0 Å². The first kappa shape index (κ1) is 19.4. The largest absolute Gasteiger partial charge is 0.241 e. The van der Waals surface area contributed by atoms with Crippen molar-refractivity contribution in [3.8, 4) is 0 Å². The third kappa shape index (κ3) is 4.28. The highest BCUT2D eigenvalue weighted by atomic mass is 32.2. The van der Waals surface area contributed by atoms with Gasteiger partial charge in [0.2, 0.25) is 10.0 Å². The standard InChI is InChI=1S/C19H22N2O2S3/c1-13-8-9-18(14(2)12-13)26(22,23)21-16(10-11-24-3)19-20-15-6-4-5-7-17(15)25-19/h4-9,12,16,21H,10-11H2,1-3H3/t16-/m0/s1. The van der Waals surface area contributed by atoms with Crippen molar-refractivity contribution in [1.29, 1.82) is 0 Å². The quantitative estimate of drug-likeness (QED) is 0.619. The van der Waals surface area contributed by atoms with Crippen LogP contribution in [0.1, 0.15) is 28.6 Å². The van der Waals surface area contributed by atoms with Gasteiger partial charge >= 0.3 is 0 Å². The zero-order chi connectivity index (χ0) is 18.7. The molecule has 1 N–H and O–H groups in total. The number of para-hydroxylation sites is 1. The highest BCUT2D eigenvalue weighted by molar-refractivity contribution is 7.98. The van der Waals surface area contributed by atoms with Crippen LogP contribution in [0.5, 0.6) is 0 Å². The summed E-state index contributed by atoms with van der Waals surface area (Å²) in [6, 6.07) is 13.0. The van der Waals surface area contributed by atoms with Gasteiger partial charge in [0.15, 0.2) is 0 Å². The van der Waals surface area contributed by atoms with E-state index in [1.807, 2.05) is 56.5 Å². The van der Waals surface area contributed by atoms with E-state index in [1.165, 1.54) is 0 Å². The summed E-state index contributed by atoms with van der Waals surface area (Å²) >= 11 is 3.25. The Hall–Kier alpha value is -1.41. The van der Waals surface area contributed by atoms with Gasteiger partial charge in [-0.3, -0.25) is 0 Å². The van der Waals surface area contributed by atoms with Gasteiger partial charge in [-0.2, -0.15) is 11.8 Å². The highest BCUT2D eigenvalue weighted by Crippen LogP contribution is 2.30. The van der Waals surface area contributed by atoms with E-state index in [4.69, 9.17) is 0 Å². The molecule has 0 unspecified atom stereocenters. The van der Waals surface area contributed by atoms with Crippen molar-refractivity contribution in [2.75, 3.05) is 12.0 Å². The number of aromatic nitrogens is 1. The molecule has 26 heavy (non-hydrogen) atoms. The van der Waals surface area contributed by atoms with Crippen molar-refractivity contribution in [2.45, 2.75) is 31.2 Å². The Balaban J connectivity index is 1.94. The molecule has 3 rings (SSSR count). The van der Waals surface area contributed by atoms with Gasteiger partial charge in [0.05, 0.1) is 21.2 Å². The molecular weight excluding hydrogens is 384 g/mol. The summed E-state index contributed by atoms with van der Waals surface area (Å²) in [6.07, 6.45) is 2.72. The Bertz CT molecular complexity index is 980. The molecule has 0 aliphatic carbocycles. The molecule has 0 amide bonds. The summed E-state index contributed by atoms with van der Waals surface area (Å²) in [7, 11) is -3.62. The van der Waals surface area contributed by atoms with Crippen LogP contribution in [0.25, 0.3) is 10.2 Å². The van der Waals surface area contributed by atoms with Gasteiger partial charge in [-0.25, -0.2) is 18.1 Å². The average Bonchev–Trinajstić information content (AvgIpc) is 3.02. The molecule has 0 radical (unpaired) electrons. The molecule has 0 saturated carbocycles. The number of nitrogens with one attached hydrogen (secondary N) is 1. The van der Waals surface area contributed by atoms with Crippen molar-refractivity contribution in [1.82, 2.24) is 9.71 Å². The number of sulfonamides is 1. The summed E-state index contributed by atoms with van der Waals surface area (Å²) in [4.78, 5) is 4.99. The Kier molecular flexibility index (Phi) is 6.02. The van der Waals surface area contributed by atoms with Crippen LogP contribution in [0.3, 0.4) is 0 Å². The van der Waals surface area contributed by atoms with Gasteiger partial charge in [0.25, 0.3) is 0 Å². The fourth-order valence-corrected chi connectivity index (χ4v) is 5.92. The van der Waals surface area contributed by atoms with Crippen LogP contribution >= 0.6 is 23.1 Å². The minimum absolute atomic E-state index is 0.328. The lowest BCUT2D eigenvalue weighted by Crippen LogP contribution is -2.29. The second-order valence-corrected chi connectivity index (χ2v) is 9.97. The van der Waals surface area contributed by atoms with E-state index in [1.54, 1.807) is 29.2 Å². The third-order valence-corrected chi connectivity index (χ3v) is 7.56. The second kappa shape index (κ2) is 8.08. The third-order valence-electron chi connectivity index (χ3n) is 4.14. The molecule has 3 aromatic rings. The number of rotatable bonds is 7. The second-order valence-electron chi connectivity index (χ2n) is 6.24. The summed E-state index contributed by atoms with van der Waals surface area (Å²) in [5, 5.41) is 0.814. The van der Waals surface area contributed by atoms with Crippen LogP contribution in [-0.4, -0.2) is 25.4 Å². The molecule has 4 nitrogen and oxygen atoms in total. The van der Waals surface area contributed by atoms with Crippen molar-refractivity contribution in [2.24, 2.45) is 0 Å². The van der Waals surface area contributed by atoms with Crippen LogP contribution in [0.15, 0.2) is 47.4 Å². The molecule has 0 fully saturated rings. The molecule has 1 heterocycles. The van der Waals surface area contributed by atoms with Crippen molar-refractivity contribution in [3.63, 3.8) is 0 Å². The predicted molar refractivity (Wildman–Crippen MR) is 112 cm³/mol. The SMILES string of the molecule is CSCC[C@H](NS(=O)(=O)c1ccc(C)cc1C)c1nc2ccccc2s1. The fourth-order valence-electron chi connectivity index (χ4n) is 2.86. The Labute approximate surface area is 163 Å². The summed E-state index contributed by atoms with van der Waals surface area (Å²) in [6.45, 7) is 3.79. The maximum absolute atomic E-state index is 13.0. The van der Waals surface area contributed by atoms with Crippen molar-refractivity contribution in [3.05, 3.63) is 58.6 Å². The number of nitrogens with zero attached hydrogens (tertiary/aromatic N) is 1. The van der Waals surface area contributed by atoms with Crippen molar-refractivity contribution >= 4 is 43.3 Å². The first-order valence-corrected chi connectivity index (χ1v) is 12.0. The first-order chi connectivity index (χ1) is 12.4. The predicted octanol–water partition coefficient (Wildman–Crippen LogP) is 4.69. The number of benzene rings is 2. The van der Waals surface area contributed by atoms with E-state index in [2.05, 4.69) is 9.71 Å². The Morgan fingerprint density at radius 3 is 2.65 bits per heavy atom. The van der Waals surface area contributed by atoms with E-state index in [-0.39, 0.29) is 6.04 Å². The first-order valence-electron chi connectivity index (χ1n) is 8.34. The van der Waals surface area contributed by atoms with Gasteiger partial charge in [0.1, 0.15) is 5.01 Å². The molecule has 0 aliphatic heterocycles. The number of fused-ring (bicyclic) bond motifs is 1. The number of hydrogen-bond acceptors (Lipinski definition) is 5. The van der Waals surface area contributed by atoms with Crippen LogP contribution in [0.2, 0.25) is 0 Å². The van der Waals surface area contributed by atoms with Crippen LogP contribution in [0.4, 0.5) is 0 Å². The zero-order valence-corrected chi connectivity index (χ0v) is 17.5. The lowest BCUT2D eigenvalue weighted by Gasteiger charge is -2.17. The maximum Gasteiger partial charge on any atom is 0.241 e.